The van der Waals surface area contributed by atoms with Crippen molar-refractivity contribution in [2.45, 2.75) is 10.9 Å². The normalized spacial score (nSPS) is 10.5. The number of carbonyl (C=O) groups is 1. The van der Waals surface area contributed by atoms with Gasteiger partial charge in [-0.3, -0.25) is 4.57 Å². The summed E-state index contributed by atoms with van der Waals surface area (Å²) in [7, 11) is 1.80. The summed E-state index contributed by atoms with van der Waals surface area (Å²) in [6.45, 7) is 0. The highest BCUT2D eigenvalue weighted by Gasteiger charge is 2.07. The second-order valence-corrected chi connectivity index (χ2v) is 4.63. The Morgan fingerprint density at radius 3 is 2.56 bits per heavy atom. The number of nitrogens with two attached hydrogens (primary N) is 1. The van der Waals surface area contributed by atoms with E-state index in [4.69, 9.17) is 10.8 Å². The van der Waals surface area contributed by atoms with Crippen LogP contribution >= 0.6 is 11.8 Å². The molecular weight excluding hydrogens is 252 g/mol. The Kier molecular flexibility index (Phi) is 3.52. The second-order valence-electron chi connectivity index (χ2n) is 3.69. The molecule has 1 aromatic heterocycles. The molecule has 94 valence electrons. The molecule has 0 aliphatic rings. The molecule has 3 N–H and O–H groups in total. The van der Waals surface area contributed by atoms with E-state index in [1.807, 2.05) is 0 Å². The lowest BCUT2D eigenvalue weighted by molar-refractivity contribution is 0.0697. The molecule has 7 heteroatoms. The number of aromatic nitrogens is 3. The fourth-order valence-corrected chi connectivity index (χ4v) is 2.22. The second kappa shape index (κ2) is 5.09. The van der Waals surface area contributed by atoms with Gasteiger partial charge in [-0.1, -0.05) is 23.9 Å². The third kappa shape index (κ3) is 2.62. The molecule has 0 atom stereocenters. The van der Waals surface area contributed by atoms with Crippen molar-refractivity contribution in [2.24, 2.45) is 7.05 Å². The van der Waals surface area contributed by atoms with Crippen molar-refractivity contribution in [3.63, 3.8) is 0 Å². The van der Waals surface area contributed by atoms with Crippen LogP contribution in [-0.2, 0) is 12.8 Å². The van der Waals surface area contributed by atoms with E-state index in [0.29, 0.717) is 11.7 Å². The first-order chi connectivity index (χ1) is 8.58. The van der Waals surface area contributed by atoms with Crippen molar-refractivity contribution in [3.8, 4) is 0 Å². The quantitative estimate of drug-likeness (QED) is 0.810. The molecule has 0 saturated heterocycles. The molecule has 18 heavy (non-hydrogen) atoms. The number of nitrogens with zero attached hydrogens (tertiary/aromatic N) is 3. The molecule has 2 aromatic rings. The van der Waals surface area contributed by atoms with E-state index in [9.17, 15) is 4.79 Å². The number of thioether (sulfide) groups is 1. The van der Waals surface area contributed by atoms with Crippen LogP contribution in [0, 0.1) is 0 Å². The number of aromatic carboxylic acids is 1. The maximum Gasteiger partial charge on any atom is 0.335 e. The molecule has 0 aliphatic heterocycles. The van der Waals surface area contributed by atoms with Crippen molar-refractivity contribution >= 4 is 23.7 Å². The standard InChI is InChI=1S/C11H12N4O2S/c1-15-10(12)13-14-11(15)18-6-7-2-4-8(5-3-7)9(16)17/h2-5H,6H2,1H3,(H2,12,13)(H,16,17). The predicted octanol–water partition coefficient (Wildman–Crippen LogP) is 1.39. The van der Waals surface area contributed by atoms with Crippen LogP contribution in [0.4, 0.5) is 5.95 Å². The molecule has 1 heterocycles. The van der Waals surface area contributed by atoms with E-state index in [1.54, 1.807) is 35.9 Å². The van der Waals surface area contributed by atoms with E-state index in [0.717, 1.165) is 10.7 Å². The average Bonchev–Trinajstić information content (AvgIpc) is 2.68. The number of rotatable bonds is 4. The van der Waals surface area contributed by atoms with Crippen LogP contribution < -0.4 is 5.73 Å². The molecule has 0 saturated carbocycles. The summed E-state index contributed by atoms with van der Waals surface area (Å²) in [6, 6.07) is 6.75. The van der Waals surface area contributed by atoms with Crippen LogP contribution in [0.5, 0.6) is 0 Å². The predicted molar refractivity (Wildman–Crippen MR) is 68.4 cm³/mol. The van der Waals surface area contributed by atoms with Gasteiger partial charge in [0, 0.05) is 12.8 Å². The molecular formula is C11H12N4O2S. The zero-order chi connectivity index (χ0) is 13.1. The fourth-order valence-electron chi connectivity index (χ4n) is 1.34. The minimum Gasteiger partial charge on any atom is -0.478 e. The number of nitrogen functional groups attached to an aromatic ring is 1. The molecule has 6 nitrogen and oxygen atoms in total. The van der Waals surface area contributed by atoms with Gasteiger partial charge in [0.05, 0.1) is 5.56 Å². The largest absolute Gasteiger partial charge is 0.478 e. The van der Waals surface area contributed by atoms with Crippen LogP contribution in [0.3, 0.4) is 0 Å². The van der Waals surface area contributed by atoms with Crippen LogP contribution in [0.25, 0.3) is 0 Å². The van der Waals surface area contributed by atoms with Gasteiger partial charge < -0.3 is 10.8 Å². The Labute approximate surface area is 108 Å². The average molecular weight is 264 g/mol. The summed E-state index contributed by atoms with van der Waals surface area (Å²) in [5, 5.41) is 17.2. The van der Waals surface area contributed by atoms with E-state index in [2.05, 4.69) is 10.2 Å². The summed E-state index contributed by atoms with van der Waals surface area (Å²) >= 11 is 1.50. The molecule has 2 rings (SSSR count). The summed E-state index contributed by atoms with van der Waals surface area (Å²) in [4.78, 5) is 10.7. The number of anilines is 1. The molecule has 0 aliphatic carbocycles. The van der Waals surface area contributed by atoms with Gasteiger partial charge in [-0.25, -0.2) is 4.79 Å². The molecule has 0 amide bonds. The summed E-state index contributed by atoms with van der Waals surface area (Å²) in [5.41, 5.74) is 6.88. The van der Waals surface area contributed by atoms with Crippen molar-refractivity contribution < 1.29 is 9.90 Å². The van der Waals surface area contributed by atoms with E-state index in [-0.39, 0.29) is 5.56 Å². The van der Waals surface area contributed by atoms with Crippen LogP contribution in [0.1, 0.15) is 15.9 Å². The van der Waals surface area contributed by atoms with Crippen molar-refractivity contribution in [3.05, 3.63) is 35.4 Å². The van der Waals surface area contributed by atoms with E-state index >= 15 is 0 Å². The lowest BCUT2D eigenvalue weighted by Gasteiger charge is -2.02. The minimum atomic E-state index is -0.921. The Hall–Kier alpha value is -2.02. The highest BCUT2D eigenvalue weighted by atomic mass is 32.2. The fraction of sp³-hybridized carbons (Fsp3) is 0.182. The topological polar surface area (TPSA) is 94.0 Å². The lowest BCUT2D eigenvalue weighted by Crippen LogP contribution is -1.98. The first-order valence-electron chi connectivity index (χ1n) is 5.18. The Balaban J connectivity index is 2.02. The maximum atomic E-state index is 10.7. The first-order valence-corrected chi connectivity index (χ1v) is 6.16. The molecule has 0 bridgehead atoms. The maximum absolute atomic E-state index is 10.7. The van der Waals surface area contributed by atoms with Crippen LogP contribution in [0.15, 0.2) is 29.4 Å². The molecule has 0 fully saturated rings. The number of benzene rings is 1. The molecule has 0 unspecified atom stereocenters. The van der Waals surface area contributed by atoms with Gasteiger partial charge >= 0.3 is 5.97 Å². The van der Waals surface area contributed by atoms with Crippen molar-refractivity contribution in [1.82, 2.24) is 14.8 Å². The van der Waals surface area contributed by atoms with Gasteiger partial charge in [0.15, 0.2) is 5.16 Å². The molecule has 0 radical (unpaired) electrons. The zero-order valence-corrected chi connectivity index (χ0v) is 10.5. The van der Waals surface area contributed by atoms with Gasteiger partial charge in [0.25, 0.3) is 0 Å². The van der Waals surface area contributed by atoms with Crippen LogP contribution in [0.2, 0.25) is 0 Å². The summed E-state index contributed by atoms with van der Waals surface area (Å²) in [5.74, 6) is 0.139. The van der Waals surface area contributed by atoms with Gasteiger partial charge in [-0.2, -0.15) is 0 Å². The molecule has 1 aromatic carbocycles. The van der Waals surface area contributed by atoms with Gasteiger partial charge in [-0.15, -0.1) is 10.2 Å². The van der Waals surface area contributed by atoms with Gasteiger partial charge in [0.1, 0.15) is 0 Å². The van der Waals surface area contributed by atoms with Crippen molar-refractivity contribution in [1.29, 1.82) is 0 Å². The summed E-state index contributed by atoms with van der Waals surface area (Å²) < 4.78 is 1.70. The zero-order valence-electron chi connectivity index (χ0n) is 9.70. The van der Waals surface area contributed by atoms with Crippen molar-refractivity contribution in [2.75, 3.05) is 5.73 Å². The number of hydrogen-bond acceptors (Lipinski definition) is 5. The smallest absolute Gasteiger partial charge is 0.335 e. The van der Waals surface area contributed by atoms with Gasteiger partial charge in [0.2, 0.25) is 5.95 Å². The first kappa shape index (κ1) is 12.4. The van der Waals surface area contributed by atoms with Gasteiger partial charge in [-0.05, 0) is 17.7 Å². The minimum absolute atomic E-state index is 0.284. The number of carboxylic acids is 1. The Bertz CT molecular complexity index is 565. The highest BCUT2D eigenvalue weighted by Crippen LogP contribution is 2.21. The van der Waals surface area contributed by atoms with E-state index in [1.165, 1.54) is 11.8 Å². The Morgan fingerprint density at radius 1 is 1.39 bits per heavy atom. The summed E-state index contributed by atoms with van der Waals surface area (Å²) in [6.07, 6.45) is 0. The number of hydrogen-bond donors (Lipinski definition) is 2. The van der Waals surface area contributed by atoms with Crippen LogP contribution in [-0.4, -0.2) is 25.8 Å². The highest BCUT2D eigenvalue weighted by molar-refractivity contribution is 7.98. The Morgan fingerprint density at radius 2 is 2.06 bits per heavy atom. The SMILES string of the molecule is Cn1c(N)nnc1SCc1ccc(C(=O)O)cc1. The number of carboxylic acid groups (broad SMARTS) is 1. The third-order valence-electron chi connectivity index (χ3n) is 2.44. The van der Waals surface area contributed by atoms with E-state index < -0.39 is 5.97 Å². The third-order valence-corrected chi connectivity index (χ3v) is 3.53. The monoisotopic (exact) mass is 264 g/mol. The lowest BCUT2D eigenvalue weighted by atomic mass is 10.1. The molecule has 0 spiro atoms.